The maximum Gasteiger partial charge on any atom is 0.249 e. The number of hydrogen-bond donors (Lipinski definition) is 1. The molecule has 1 aromatic heterocycles. The van der Waals surface area contributed by atoms with Gasteiger partial charge < -0.3 is 4.98 Å². The van der Waals surface area contributed by atoms with E-state index in [0.29, 0.717) is 0 Å². The van der Waals surface area contributed by atoms with Crippen molar-refractivity contribution >= 4 is 11.8 Å². The third-order valence-corrected chi connectivity index (χ3v) is 2.84. The fraction of sp³-hybridized carbons (Fsp3) is 0.500. The molecule has 0 amide bonds. The summed E-state index contributed by atoms with van der Waals surface area (Å²) in [5.74, 6) is 1.11. The third-order valence-electron chi connectivity index (χ3n) is 1.76. The van der Waals surface area contributed by atoms with Gasteiger partial charge in [0.2, 0.25) is 5.56 Å². The zero-order valence-electron chi connectivity index (χ0n) is 7.88. The first kappa shape index (κ1) is 10.4. The van der Waals surface area contributed by atoms with Crippen LogP contribution >= 0.6 is 11.8 Å². The summed E-state index contributed by atoms with van der Waals surface area (Å²) in [6.07, 6.45) is 5.45. The molecule has 1 aromatic rings. The van der Waals surface area contributed by atoms with Crippen molar-refractivity contribution in [2.24, 2.45) is 0 Å². The molecular formula is C10H15NOS. The van der Waals surface area contributed by atoms with Crippen molar-refractivity contribution in [3.8, 4) is 0 Å². The Morgan fingerprint density at radius 3 is 3.00 bits per heavy atom. The van der Waals surface area contributed by atoms with Crippen molar-refractivity contribution in [3.63, 3.8) is 0 Å². The van der Waals surface area contributed by atoms with E-state index in [0.717, 1.165) is 10.6 Å². The molecule has 13 heavy (non-hydrogen) atoms. The normalized spacial score (nSPS) is 10.2. The molecule has 0 spiro atoms. The predicted octanol–water partition coefficient (Wildman–Crippen LogP) is 2.66. The number of aromatic amines is 1. The van der Waals surface area contributed by atoms with Crippen LogP contribution in [0.1, 0.15) is 26.2 Å². The molecule has 72 valence electrons. The van der Waals surface area contributed by atoms with Crippen molar-refractivity contribution < 1.29 is 0 Å². The quantitative estimate of drug-likeness (QED) is 0.581. The summed E-state index contributed by atoms with van der Waals surface area (Å²) in [6, 6.07) is 3.59. The van der Waals surface area contributed by atoms with Gasteiger partial charge in [-0.2, -0.15) is 0 Å². The van der Waals surface area contributed by atoms with Crippen LogP contribution in [-0.2, 0) is 0 Å². The van der Waals surface area contributed by atoms with E-state index < -0.39 is 0 Å². The Kier molecular flexibility index (Phi) is 4.68. The van der Waals surface area contributed by atoms with E-state index in [9.17, 15) is 4.79 Å². The molecule has 0 unspecified atom stereocenters. The van der Waals surface area contributed by atoms with E-state index in [1.807, 2.05) is 6.07 Å². The van der Waals surface area contributed by atoms with Crippen LogP contribution in [0.5, 0.6) is 0 Å². The molecule has 0 saturated carbocycles. The highest BCUT2D eigenvalue weighted by Gasteiger charge is 1.93. The highest BCUT2D eigenvalue weighted by atomic mass is 32.2. The van der Waals surface area contributed by atoms with Crippen LogP contribution < -0.4 is 5.56 Å². The van der Waals surface area contributed by atoms with Gasteiger partial charge in [0.05, 0.1) is 0 Å². The van der Waals surface area contributed by atoms with Gasteiger partial charge in [-0.1, -0.05) is 19.8 Å². The first-order chi connectivity index (χ1) is 6.33. The van der Waals surface area contributed by atoms with Crippen LogP contribution in [0.2, 0.25) is 0 Å². The molecule has 0 aromatic carbocycles. The second kappa shape index (κ2) is 5.86. The number of unbranched alkanes of at least 4 members (excludes halogenated alkanes) is 2. The topological polar surface area (TPSA) is 32.9 Å². The second-order valence-corrected chi connectivity index (χ2v) is 4.11. The van der Waals surface area contributed by atoms with Crippen LogP contribution in [0.25, 0.3) is 0 Å². The van der Waals surface area contributed by atoms with Crippen LogP contribution in [0.15, 0.2) is 28.0 Å². The molecule has 1 rings (SSSR count). The van der Waals surface area contributed by atoms with E-state index in [1.165, 1.54) is 19.3 Å². The van der Waals surface area contributed by atoms with E-state index >= 15 is 0 Å². The first-order valence-corrected chi connectivity index (χ1v) is 5.63. The van der Waals surface area contributed by atoms with Crippen molar-refractivity contribution in [1.82, 2.24) is 4.98 Å². The lowest BCUT2D eigenvalue weighted by atomic mass is 10.3. The smallest absolute Gasteiger partial charge is 0.249 e. The maximum atomic E-state index is 10.9. The number of thioether (sulfide) groups is 1. The summed E-state index contributed by atoms with van der Waals surface area (Å²) < 4.78 is 0. The molecule has 0 fully saturated rings. The summed E-state index contributed by atoms with van der Waals surface area (Å²) >= 11 is 1.75. The van der Waals surface area contributed by atoms with Crippen LogP contribution in [0.3, 0.4) is 0 Å². The van der Waals surface area contributed by atoms with Gasteiger partial charge in [-0.05, 0) is 18.2 Å². The molecule has 0 radical (unpaired) electrons. The Hall–Kier alpha value is -0.700. The molecule has 1 N–H and O–H groups in total. The second-order valence-electron chi connectivity index (χ2n) is 2.94. The Morgan fingerprint density at radius 2 is 2.31 bits per heavy atom. The summed E-state index contributed by atoms with van der Waals surface area (Å²) in [4.78, 5) is 14.6. The Labute approximate surface area is 82.8 Å². The lowest BCUT2D eigenvalue weighted by Gasteiger charge is -1.99. The summed E-state index contributed by atoms with van der Waals surface area (Å²) in [5.41, 5.74) is -0.0134. The van der Waals surface area contributed by atoms with Gasteiger partial charge >= 0.3 is 0 Å². The van der Waals surface area contributed by atoms with Gasteiger partial charge in [0, 0.05) is 17.2 Å². The first-order valence-electron chi connectivity index (χ1n) is 4.64. The third kappa shape index (κ3) is 4.18. The fourth-order valence-electron chi connectivity index (χ4n) is 1.06. The van der Waals surface area contributed by atoms with E-state index in [2.05, 4.69) is 11.9 Å². The minimum Gasteiger partial charge on any atom is -0.329 e. The van der Waals surface area contributed by atoms with Crippen molar-refractivity contribution in [3.05, 3.63) is 28.7 Å². The minimum atomic E-state index is -0.0134. The summed E-state index contributed by atoms with van der Waals surface area (Å²) in [7, 11) is 0. The monoisotopic (exact) mass is 197 g/mol. The highest BCUT2D eigenvalue weighted by molar-refractivity contribution is 7.99. The average Bonchev–Trinajstić information content (AvgIpc) is 2.13. The van der Waals surface area contributed by atoms with Crippen LogP contribution in [0.4, 0.5) is 0 Å². The standard InChI is InChI=1S/C10H15NOS/c1-2-3-4-7-13-9-5-6-11-10(12)8-9/h5-6,8H,2-4,7H2,1H3,(H,11,12). The molecule has 1 heterocycles. The highest BCUT2D eigenvalue weighted by Crippen LogP contribution is 2.16. The van der Waals surface area contributed by atoms with E-state index in [1.54, 1.807) is 24.0 Å². The van der Waals surface area contributed by atoms with Gasteiger partial charge in [-0.3, -0.25) is 4.79 Å². The average molecular weight is 197 g/mol. The van der Waals surface area contributed by atoms with Gasteiger partial charge in [0.25, 0.3) is 0 Å². The maximum absolute atomic E-state index is 10.9. The van der Waals surface area contributed by atoms with Gasteiger partial charge in [0.15, 0.2) is 0 Å². The molecule has 0 aliphatic carbocycles. The number of aromatic nitrogens is 1. The number of nitrogens with one attached hydrogen (secondary N) is 1. The fourth-order valence-corrected chi connectivity index (χ4v) is 2.00. The number of H-pyrrole nitrogens is 1. The van der Waals surface area contributed by atoms with Crippen LogP contribution in [-0.4, -0.2) is 10.7 Å². The lowest BCUT2D eigenvalue weighted by molar-refractivity contribution is 0.778. The summed E-state index contributed by atoms with van der Waals surface area (Å²) in [5, 5.41) is 0. The van der Waals surface area contributed by atoms with Crippen molar-refractivity contribution in [1.29, 1.82) is 0 Å². The van der Waals surface area contributed by atoms with E-state index in [4.69, 9.17) is 0 Å². The van der Waals surface area contributed by atoms with Crippen molar-refractivity contribution in [2.75, 3.05) is 5.75 Å². The number of pyridine rings is 1. The molecule has 0 atom stereocenters. The molecule has 0 aliphatic heterocycles. The van der Waals surface area contributed by atoms with Crippen LogP contribution in [0, 0.1) is 0 Å². The van der Waals surface area contributed by atoms with Gasteiger partial charge in [0.1, 0.15) is 0 Å². The zero-order valence-corrected chi connectivity index (χ0v) is 8.69. The molecule has 3 heteroatoms. The number of rotatable bonds is 5. The number of hydrogen-bond acceptors (Lipinski definition) is 2. The largest absolute Gasteiger partial charge is 0.329 e. The zero-order chi connectivity index (χ0) is 9.52. The Bertz CT molecular complexity index is 295. The van der Waals surface area contributed by atoms with Gasteiger partial charge in [-0.15, -0.1) is 11.8 Å². The van der Waals surface area contributed by atoms with Crippen molar-refractivity contribution in [2.45, 2.75) is 31.1 Å². The van der Waals surface area contributed by atoms with Gasteiger partial charge in [-0.25, -0.2) is 0 Å². The molecule has 0 bridgehead atoms. The Morgan fingerprint density at radius 1 is 1.46 bits per heavy atom. The molecule has 0 saturated heterocycles. The molecule has 0 aliphatic rings. The summed E-state index contributed by atoms with van der Waals surface area (Å²) in [6.45, 7) is 2.19. The Balaban J connectivity index is 2.33. The SMILES string of the molecule is CCCCCSc1cc[nH]c(=O)c1. The van der Waals surface area contributed by atoms with E-state index in [-0.39, 0.29) is 5.56 Å². The lowest BCUT2D eigenvalue weighted by Crippen LogP contribution is -2.01. The predicted molar refractivity (Wildman–Crippen MR) is 57.3 cm³/mol. The molecule has 2 nitrogen and oxygen atoms in total. The minimum absolute atomic E-state index is 0.0134. The molecular weight excluding hydrogens is 182 g/mol.